The van der Waals surface area contributed by atoms with Crippen molar-refractivity contribution in [1.82, 2.24) is 14.1 Å². The molecule has 37 heavy (non-hydrogen) atoms. The third kappa shape index (κ3) is 5.46. The van der Waals surface area contributed by atoms with E-state index >= 15 is 0 Å². The predicted octanol–water partition coefficient (Wildman–Crippen LogP) is 6.43. The maximum absolute atomic E-state index is 13.0. The number of nitrogens with one attached hydrogen (secondary N) is 1. The zero-order valence-electron chi connectivity index (χ0n) is 21.4. The summed E-state index contributed by atoms with van der Waals surface area (Å²) in [6.45, 7) is 4.79. The lowest BCUT2D eigenvalue weighted by atomic mass is 9.98. The normalized spacial score (nSPS) is 12.1. The smallest absolute Gasteiger partial charge is 0.203 e. The fourth-order valence-corrected chi connectivity index (χ4v) is 4.93. The average Bonchev–Trinajstić information content (AvgIpc) is 3.20. The third-order valence-electron chi connectivity index (χ3n) is 6.99. The van der Waals surface area contributed by atoms with Crippen molar-refractivity contribution in [2.24, 2.45) is 0 Å². The van der Waals surface area contributed by atoms with Crippen molar-refractivity contribution in [3.63, 3.8) is 0 Å². The summed E-state index contributed by atoms with van der Waals surface area (Å²) in [5, 5.41) is 9.28. The zero-order valence-corrected chi connectivity index (χ0v) is 21.4. The number of imidazole rings is 1. The molecule has 2 heterocycles. The molecule has 1 atom stereocenters. The molecular weight excluding hydrogens is 456 g/mol. The fraction of sp³-hybridized carbons (Fsp3) is 0.219. The third-order valence-corrected chi connectivity index (χ3v) is 6.99. The van der Waals surface area contributed by atoms with Gasteiger partial charge in [-0.15, -0.1) is 0 Å². The number of aryl methyl sites for hydroxylation is 2. The number of carbonyl (C=O) groups is 1. The van der Waals surface area contributed by atoms with Crippen LogP contribution in [0.4, 0.5) is 0 Å². The van der Waals surface area contributed by atoms with Gasteiger partial charge in [0.05, 0.1) is 17.6 Å². The van der Waals surface area contributed by atoms with Crippen LogP contribution < -0.4 is 5.62 Å². The summed E-state index contributed by atoms with van der Waals surface area (Å²) in [5.41, 5.74) is 7.78. The summed E-state index contributed by atoms with van der Waals surface area (Å²) in [7, 11) is 0. The van der Waals surface area contributed by atoms with Crippen LogP contribution in [0.3, 0.4) is 0 Å². The van der Waals surface area contributed by atoms with Crippen LogP contribution in [-0.4, -0.2) is 19.9 Å². The van der Waals surface area contributed by atoms with Gasteiger partial charge < -0.3 is 9.13 Å². The molecule has 0 radical (unpaired) electrons. The first-order valence-electron chi connectivity index (χ1n) is 12.8. The minimum absolute atomic E-state index is 0.0324. The Labute approximate surface area is 217 Å². The lowest BCUT2D eigenvalue weighted by molar-refractivity contribution is 0.0969. The molecule has 5 aromatic rings. The van der Waals surface area contributed by atoms with E-state index in [0.717, 1.165) is 23.0 Å². The molecule has 0 bridgehead atoms. The minimum Gasteiger partial charge on any atom is -0.307 e. The zero-order chi connectivity index (χ0) is 25.8. The van der Waals surface area contributed by atoms with Gasteiger partial charge in [0.1, 0.15) is 5.69 Å². The van der Waals surface area contributed by atoms with Gasteiger partial charge in [-0.2, -0.15) is 0 Å². The van der Waals surface area contributed by atoms with Crippen LogP contribution in [0.25, 0.3) is 11.0 Å². The Bertz CT molecular complexity index is 1560. The summed E-state index contributed by atoms with van der Waals surface area (Å²) >= 11 is 0. The molecule has 2 aromatic heterocycles. The maximum Gasteiger partial charge on any atom is 0.203 e. The second-order valence-corrected chi connectivity index (χ2v) is 9.77. The second-order valence-electron chi connectivity index (χ2n) is 9.77. The summed E-state index contributed by atoms with van der Waals surface area (Å²) < 4.78 is 4.19. The van der Waals surface area contributed by atoms with Crippen LogP contribution in [0.5, 0.6) is 0 Å². The van der Waals surface area contributed by atoms with Crippen LogP contribution in [0, 0.1) is 19.3 Å². The van der Waals surface area contributed by atoms with E-state index in [2.05, 4.69) is 88.6 Å². The summed E-state index contributed by atoms with van der Waals surface area (Å²) in [4.78, 5) is 17.2. The highest BCUT2D eigenvalue weighted by Gasteiger charge is 2.21. The number of nitrogens with zero attached hydrogens (tertiary/aromatic N) is 3. The van der Waals surface area contributed by atoms with Gasteiger partial charge in [-0.1, -0.05) is 77.9 Å². The largest absolute Gasteiger partial charge is 0.307 e. The Morgan fingerprint density at radius 2 is 1.43 bits per heavy atom. The fourth-order valence-electron chi connectivity index (χ4n) is 4.93. The predicted molar refractivity (Wildman–Crippen MR) is 148 cm³/mol. The molecule has 3 aromatic carbocycles. The number of carbonyl (C=O) groups excluding carboxylic acids is 1. The van der Waals surface area contributed by atoms with Crippen LogP contribution in [0.2, 0.25) is 0 Å². The standard InChI is InChI=1S/C32H32N4O/c1-23-10-14-25(15-11-23)21-27(18-19-31(37)28-7-5-6-20-34-28)36-30-9-4-3-8-29(30)35(32(36)33)22-26-16-12-24(2)13-17-26/h3-17,20,27,33H,18-19,21-22H2,1-2H3. The van der Waals surface area contributed by atoms with Gasteiger partial charge in [-0.25, -0.2) is 0 Å². The molecule has 0 spiro atoms. The quantitative estimate of drug-likeness (QED) is 0.243. The average molecular weight is 489 g/mol. The van der Waals surface area contributed by atoms with Gasteiger partial charge in [0.25, 0.3) is 0 Å². The van der Waals surface area contributed by atoms with Crippen LogP contribution in [-0.2, 0) is 13.0 Å². The number of ketones is 1. The topological polar surface area (TPSA) is 63.7 Å². The van der Waals surface area contributed by atoms with E-state index in [1.165, 1.54) is 16.7 Å². The van der Waals surface area contributed by atoms with Gasteiger partial charge in [0.2, 0.25) is 5.62 Å². The first-order chi connectivity index (χ1) is 18.0. The van der Waals surface area contributed by atoms with E-state index in [4.69, 9.17) is 0 Å². The Morgan fingerprint density at radius 1 is 0.811 bits per heavy atom. The number of hydrogen-bond acceptors (Lipinski definition) is 3. The van der Waals surface area contributed by atoms with E-state index in [1.807, 2.05) is 24.3 Å². The van der Waals surface area contributed by atoms with Crippen molar-refractivity contribution < 1.29 is 4.79 Å². The number of para-hydroxylation sites is 2. The van der Waals surface area contributed by atoms with Crippen molar-refractivity contribution in [3.8, 4) is 0 Å². The SMILES string of the molecule is Cc1ccc(CC(CCC(=O)c2ccccn2)n2c(=N)n(Cc3ccc(C)cc3)c3ccccc32)cc1. The Balaban J connectivity index is 1.54. The molecule has 5 heteroatoms. The molecule has 1 N–H and O–H groups in total. The Kier molecular flexibility index (Phi) is 7.13. The summed E-state index contributed by atoms with van der Waals surface area (Å²) in [6, 6.07) is 30.6. The minimum atomic E-state index is -0.0490. The number of fused-ring (bicyclic) bond motifs is 1. The molecule has 0 saturated heterocycles. The van der Waals surface area contributed by atoms with Crippen LogP contribution >= 0.6 is 0 Å². The molecule has 0 saturated carbocycles. The second kappa shape index (κ2) is 10.8. The number of hydrogen-bond donors (Lipinski definition) is 1. The number of pyridine rings is 1. The van der Waals surface area contributed by atoms with E-state index in [0.29, 0.717) is 30.7 Å². The van der Waals surface area contributed by atoms with E-state index in [-0.39, 0.29) is 11.8 Å². The van der Waals surface area contributed by atoms with E-state index < -0.39 is 0 Å². The van der Waals surface area contributed by atoms with E-state index in [9.17, 15) is 10.2 Å². The van der Waals surface area contributed by atoms with Gasteiger partial charge in [0, 0.05) is 18.7 Å². The number of Topliss-reactive ketones (excluding diaryl/α,β-unsaturated/α-hetero) is 1. The van der Waals surface area contributed by atoms with E-state index in [1.54, 1.807) is 12.3 Å². The van der Waals surface area contributed by atoms with Crippen molar-refractivity contribution >= 4 is 16.8 Å². The number of aromatic nitrogens is 3. The highest BCUT2D eigenvalue weighted by atomic mass is 16.1. The first kappa shape index (κ1) is 24.4. The molecule has 0 fully saturated rings. The molecule has 0 aliphatic carbocycles. The number of benzene rings is 3. The molecule has 186 valence electrons. The maximum atomic E-state index is 13.0. The molecular formula is C32H32N4O. The van der Waals surface area contributed by atoms with Crippen molar-refractivity contribution in [2.75, 3.05) is 0 Å². The van der Waals surface area contributed by atoms with Crippen molar-refractivity contribution in [3.05, 3.63) is 131 Å². The van der Waals surface area contributed by atoms with Gasteiger partial charge in [-0.05, 0) is 62.1 Å². The van der Waals surface area contributed by atoms with Gasteiger partial charge >= 0.3 is 0 Å². The molecule has 5 nitrogen and oxygen atoms in total. The van der Waals surface area contributed by atoms with Gasteiger partial charge in [0.15, 0.2) is 5.78 Å². The van der Waals surface area contributed by atoms with Crippen LogP contribution in [0.1, 0.15) is 51.6 Å². The van der Waals surface area contributed by atoms with Crippen LogP contribution in [0.15, 0.2) is 97.2 Å². The Hall–Kier alpha value is -4.25. The molecule has 5 rings (SSSR count). The molecule has 0 aliphatic rings. The summed E-state index contributed by atoms with van der Waals surface area (Å²) in [6.07, 6.45) is 3.40. The highest BCUT2D eigenvalue weighted by molar-refractivity contribution is 5.94. The first-order valence-corrected chi connectivity index (χ1v) is 12.8. The molecule has 0 amide bonds. The molecule has 0 aliphatic heterocycles. The highest BCUT2D eigenvalue weighted by Crippen LogP contribution is 2.26. The van der Waals surface area contributed by atoms with Gasteiger partial charge in [-0.3, -0.25) is 15.2 Å². The molecule has 1 unspecified atom stereocenters. The van der Waals surface area contributed by atoms with Crippen molar-refractivity contribution in [2.45, 2.75) is 45.7 Å². The lowest BCUT2D eigenvalue weighted by Crippen LogP contribution is -2.29. The van der Waals surface area contributed by atoms with Crippen molar-refractivity contribution in [1.29, 1.82) is 5.41 Å². The number of rotatable bonds is 9. The monoisotopic (exact) mass is 488 g/mol. The summed E-state index contributed by atoms with van der Waals surface area (Å²) in [5.74, 6) is 0.0324. The lowest BCUT2D eigenvalue weighted by Gasteiger charge is -2.20. The Morgan fingerprint density at radius 3 is 2.08 bits per heavy atom.